The van der Waals surface area contributed by atoms with E-state index < -0.39 is 0 Å². The van der Waals surface area contributed by atoms with Crippen LogP contribution in [0.3, 0.4) is 0 Å². The molecule has 0 aliphatic carbocycles. The summed E-state index contributed by atoms with van der Waals surface area (Å²) in [5.74, 6) is 2.14. The van der Waals surface area contributed by atoms with E-state index >= 15 is 0 Å². The Bertz CT molecular complexity index is 152. The highest BCUT2D eigenvalue weighted by Crippen LogP contribution is 2.13. The maximum Gasteiger partial charge on any atom is 0.185 e. The van der Waals surface area contributed by atoms with Crippen LogP contribution in [0.2, 0.25) is 0 Å². The third kappa shape index (κ3) is 5.67. The third-order valence-corrected chi connectivity index (χ3v) is 2.11. The van der Waals surface area contributed by atoms with E-state index in [0.717, 1.165) is 18.4 Å². The molecule has 0 fully saturated rings. The second-order valence-corrected chi connectivity index (χ2v) is 3.87. The second-order valence-electron chi connectivity index (χ2n) is 3.87. The van der Waals surface area contributed by atoms with Crippen molar-refractivity contribution >= 4 is 5.90 Å². The van der Waals surface area contributed by atoms with Crippen LogP contribution in [0.15, 0.2) is 4.99 Å². The zero-order valence-corrected chi connectivity index (χ0v) is 9.63. The van der Waals surface area contributed by atoms with E-state index in [2.05, 4.69) is 25.8 Å². The lowest BCUT2D eigenvalue weighted by atomic mass is 9.99. The minimum atomic E-state index is 0.465. The first-order chi connectivity index (χ1) is 6.11. The molecule has 1 atom stereocenters. The van der Waals surface area contributed by atoms with Gasteiger partial charge < -0.3 is 4.74 Å². The van der Waals surface area contributed by atoms with Gasteiger partial charge in [-0.05, 0) is 19.3 Å². The highest BCUT2D eigenvalue weighted by atomic mass is 16.5. The van der Waals surface area contributed by atoms with Crippen molar-refractivity contribution in [1.82, 2.24) is 0 Å². The fraction of sp³-hybridized carbons (Fsp3) is 0.909. The normalized spacial score (nSPS) is 14.8. The first kappa shape index (κ1) is 12.5. The van der Waals surface area contributed by atoms with E-state index in [1.807, 2.05) is 6.92 Å². The number of nitrogens with zero attached hydrogens (tertiary/aromatic N) is 1. The molecule has 0 radical (unpaired) electrons. The predicted molar refractivity (Wildman–Crippen MR) is 58.2 cm³/mol. The zero-order chi connectivity index (χ0) is 10.3. The second kappa shape index (κ2) is 6.93. The Kier molecular flexibility index (Phi) is 6.65. The smallest absolute Gasteiger partial charge is 0.185 e. The Hall–Kier alpha value is -0.530. The summed E-state index contributed by atoms with van der Waals surface area (Å²) in [5.41, 5.74) is 0. The SMILES string of the molecule is CCOC(=NC)C(C)CCC(C)C. The molecule has 13 heavy (non-hydrogen) atoms. The van der Waals surface area contributed by atoms with Crippen molar-refractivity contribution in [1.29, 1.82) is 0 Å². The summed E-state index contributed by atoms with van der Waals surface area (Å²) in [6.45, 7) is 9.39. The molecule has 2 nitrogen and oxygen atoms in total. The van der Waals surface area contributed by atoms with Gasteiger partial charge in [0.1, 0.15) is 0 Å². The fourth-order valence-electron chi connectivity index (χ4n) is 1.28. The molecule has 0 amide bonds. The summed E-state index contributed by atoms with van der Waals surface area (Å²) < 4.78 is 5.44. The standard InChI is InChI=1S/C11H23NO/c1-6-13-11(12-5)10(4)8-7-9(2)3/h9-10H,6-8H2,1-5H3. The van der Waals surface area contributed by atoms with Gasteiger partial charge in [-0.2, -0.15) is 0 Å². The minimum absolute atomic E-state index is 0.465. The van der Waals surface area contributed by atoms with Crippen molar-refractivity contribution < 1.29 is 4.74 Å². The molecule has 0 aliphatic heterocycles. The molecule has 2 heteroatoms. The molecule has 0 saturated carbocycles. The Morgan fingerprint density at radius 3 is 2.23 bits per heavy atom. The van der Waals surface area contributed by atoms with Gasteiger partial charge in [-0.25, -0.2) is 0 Å². The van der Waals surface area contributed by atoms with Gasteiger partial charge in [-0.1, -0.05) is 27.2 Å². The van der Waals surface area contributed by atoms with Crippen molar-refractivity contribution in [3.8, 4) is 0 Å². The van der Waals surface area contributed by atoms with Crippen molar-refractivity contribution in [2.75, 3.05) is 13.7 Å². The molecule has 0 rings (SSSR count). The summed E-state index contributed by atoms with van der Waals surface area (Å²) in [7, 11) is 1.80. The van der Waals surface area contributed by atoms with Crippen LogP contribution < -0.4 is 0 Å². The summed E-state index contributed by atoms with van der Waals surface area (Å²) >= 11 is 0. The molecule has 0 aromatic carbocycles. The quantitative estimate of drug-likeness (QED) is 0.476. The predicted octanol–water partition coefficient (Wildman–Crippen LogP) is 3.12. The van der Waals surface area contributed by atoms with Crippen molar-refractivity contribution in [2.24, 2.45) is 16.8 Å². The van der Waals surface area contributed by atoms with Gasteiger partial charge in [-0.3, -0.25) is 4.99 Å². The zero-order valence-electron chi connectivity index (χ0n) is 9.63. The monoisotopic (exact) mass is 185 g/mol. The molecule has 0 saturated heterocycles. The van der Waals surface area contributed by atoms with E-state index in [-0.39, 0.29) is 0 Å². The summed E-state index contributed by atoms with van der Waals surface area (Å²) in [6, 6.07) is 0. The topological polar surface area (TPSA) is 21.6 Å². The van der Waals surface area contributed by atoms with Gasteiger partial charge in [0.15, 0.2) is 5.90 Å². The maximum absolute atomic E-state index is 5.44. The number of ether oxygens (including phenoxy) is 1. The number of aliphatic imine (C=N–C) groups is 1. The summed E-state index contributed by atoms with van der Waals surface area (Å²) in [6.07, 6.45) is 2.41. The van der Waals surface area contributed by atoms with Crippen molar-refractivity contribution in [3.05, 3.63) is 0 Å². The Balaban J connectivity index is 3.85. The molecule has 0 aliphatic rings. The minimum Gasteiger partial charge on any atom is -0.481 e. The Morgan fingerprint density at radius 1 is 1.23 bits per heavy atom. The van der Waals surface area contributed by atoms with Crippen LogP contribution in [0, 0.1) is 11.8 Å². The van der Waals surface area contributed by atoms with Crippen LogP contribution in [0.5, 0.6) is 0 Å². The van der Waals surface area contributed by atoms with Gasteiger partial charge >= 0.3 is 0 Å². The lowest BCUT2D eigenvalue weighted by molar-refractivity contribution is 0.296. The Morgan fingerprint density at radius 2 is 1.85 bits per heavy atom. The van der Waals surface area contributed by atoms with Crippen LogP contribution in [0.4, 0.5) is 0 Å². The molecule has 0 spiro atoms. The summed E-state index contributed by atoms with van der Waals surface area (Å²) in [4.78, 5) is 4.15. The first-order valence-corrected chi connectivity index (χ1v) is 5.21. The molecular weight excluding hydrogens is 162 g/mol. The Labute approximate surface area is 82.4 Å². The van der Waals surface area contributed by atoms with E-state index in [9.17, 15) is 0 Å². The number of rotatable bonds is 5. The maximum atomic E-state index is 5.44. The van der Waals surface area contributed by atoms with Crippen molar-refractivity contribution in [2.45, 2.75) is 40.5 Å². The van der Waals surface area contributed by atoms with Crippen LogP contribution in [0.25, 0.3) is 0 Å². The largest absolute Gasteiger partial charge is 0.481 e. The highest BCUT2D eigenvalue weighted by molar-refractivity contribution is 5.78. The van der Waals surface area contributed by atoms with Crippen LogP contribution in [-0.2, 0) is 4.74 Å². The van der Waals surface area contributed by atoms with Gasteiger partial charge in [0.25, 0.3) is 0 Å². The average molecular weight is 185 g/mol. The van der Waals surface area contributed by atoms with Crippen LogP contribution >= 0.6 is 0 Å². The molecule has 78 valence electrons. The molecule has 0 N–H and O–H groups in total. The van der Waals surface area contributed by atoms with E-state index in [1.54, 1.807) is 7.05 Å². The lowest BCUT2D eigenvalue weighted by Gasteiger charge is -2.15. The van der Waals surface area contributed by atoms with Gasteiger partial charge in [0, 0.05) is 13.0 Å². The van der Waals surface area contributed by atoms with Crippen LogP contribution in [0.1, 0.15) is 40.5 Å². The van der Waals surface area contributed by atoms with Gasteiger partial charge in [0.2, 0.25) is 0 Å². The van der Waals surface area contributed by atoms with Gasteiger partial charge in [0.05, 0.1) is 6.61 Å². The number of hydrogen-bond acceptors (Lipinski definition) is 2. The molecular formula is C11H23NO. The van der Waals surface area contributed by atoms with Crippen molar-refractivity contribution in [3.63, 3.8) is 0 Å². The average Bonchev–Trinajstić information content (AvgIpc) is 2.10. The lowest BCUT2D eigenvalue weighted by Crippen LogP contribution is -2.15. The summed E-state index contributed by atoms with van der Waals surface area (Å²) in [5, 5.41) is 0. The van der Waals surface area contributed by atoms with Gasteiger partial charge in [-0.15, -0.1) is 0 Å². The highest BCUT2D eigenvalue weighted by Gasteiger charge is 2.11. The molecule has 0 bridgehead atoms. The van der Waals surface area contributed by atoms with E-state index in [1.165, 1.54) is 12.8 Å². The third-order valence-electron chi connectivity index (χ3n) is 2.11. The molecule has 0 aromatic heterocycles. The van der Waals surface area contributed by atoms with Crippen LogP contribution in [-0.4, -0.2) is 19.6 Å². The molecule has 0 aromatic rings. The molecule has 1 unspecified atom stereocenters. The molecule has 0 heterocycles. The number of hydrogen-bond donors (Lipinski definition) is 0. The van der Waals surface area contributed by atoms with E-state index in [0.29, 0.717) is 5.92 Å². The first-order valence-electron chi connectivity index (χ1n) is 5.21. The fourth-order valence-corrected chi connectivity index (χ4v) is 1.28. The van der Waals surface area contributed by atoms with E-state index in [4.69, 9.17) is 4.74 Å².